The highest BCUT2D eigenvalue weighted by Gasteiger charge is 2.28. The molecule has 0 spiro atoms. The second-order valence-electron chi connectivity index (χ2n) is 8.36. The van der Waals surface area contributed by atoms with Crippen LogP contribution in [-0.2, 0) is 15.6 Å². The summed E-state index contributed by atoms with van der Waals surface area (Å²) in [5.74, 6) is -0.683. The topological polar surface area (TPSA) is 92.3 Å². The van der Waals surface area contributed by atoms with E-state index in [0.29, 0.717) is 16.7 Å². The molecule has 6 nitrogen and oxygen atoms in total. The van der Waals surface area contributed by atoms with Gasteiger partial charge >= 0.3 is 5.97 Å². The Hall–Kier alpha value is -2.63. The number of ketones is 1. The number of aromatic amines is 1. The number of benzene rings is 1. The Kier molecular flexibility index (Phi) is 5.26. The van der Waals surface area contributed by atoms with Crippen molar-refractivity contribution in [3.63, 3.8) is 0 Å². The summed E-state index contributed by atoms with van der Waals surface area (Å²) in [6.07, 6.45) is 2.99. The number of carbonyl (C=O) groups excluding carboxylic acids is 2. The molecule has 0 unspecified atom stereocenters. The average Bonchev–Trinajstić information content (AvgIpc) is 3.04. The molecule has 6 heteroatoms. The first kappa shape index (κ1) is 19.7. The van der Waals surface area contributed by atoms with Gasteiger partial charge in [0.05, 0.1) is 5.56 Å². The van der Waals surface area contributed by atoms with Gasteiger partial charge in [0.25, 0.3) is 0 Å². The Balaban J connectivity index is 2.33. The van der Waals surface area contributed by atoms with Crippen LogP contribution in [0.2, 0.25) is 0 Å². The molecule has 26 heavy (non-hydrogen) atoms. The molecule has 0 saturated carbocycles. The molecule has 2 rings (SSSR count). The predicted molar refractivity (Wildman–Crippen MR) is 98.7 cm³/mol. The lowest BCUT2D eigenvalue weighted by Gasteiger charge is -2.27. The lowest BCUT2D eigenvalue weighted by atomic mass is 9.78. The third kappa shape index (κ3) is 4.31. The Morgan fingerprint density at radius 1 is 1.08 bits per heavy atom. The molecule has 1 aromatic heterocycles. The van der Waals surface area contributed by atoms with E-state index in [-0.39, 0.29) is 22.4 Å². The van der Waals surface area contributed by atoms with Crippen molar-refractivity contribution in [3.8, 4) is 5.75 Å². The lowest BCUT2D eigenvalue weighted by molar-refractivity contribution is 0.0472. The fourth-order valence-corrected chi connectivity index (χ4v) is 2.60. The summed E-state index contributed by atoms with van der Waals surface area (Å²) in [6.45, 7) is 11.4. The smallest absolute Gasteiger partial charge is 0.338 e. The van der Waals surface area contributed by atoms with Crippen molar-refractivity contribution in [1.82, 2.24) is 9.97 Å². The van der Waals surface area contributed by atoms with Crippen LogP contribution in [-0.4, -0.2) is 33.4 Å². The number of aromatic nitrogens is 2. The number of rotatable bonds is 4. The Morgan fingerprint density at radius 2 is 1.62 bits per heavy atom. The van der Waals surface area contributed by atoms with Crippen LogP contribution in [0.1, 0.15) is 73.6 Å². The van der Waals surface area contributed by atoms with Crippen LogP contribution in [0.15, 0.2) is 24.5 Å². The van der Waals surface area contributed by atoms with Gasteiger partial charge in [0.15, 0.2) is 12.4 Å². The lowest BCUT2D eigenvalue weighted by Crippen LogP contribution is -2.20. The standard InChI is InChI=1S/C20H26N2O4/c1-19(2,3)13-9-12(10-14(16(13)24)20(4,5)6)18(25)26-11-15(23)17-21-7-8-22-17/h7-10,24H,11H2,1-6H3,(H,21,22). The number of esters is 1. The molecule has 2 N–H and O–H groups in total. The van der Waals surface area contributed by atoms with Gasteiger partial charge in [-0.3, -0.25) is 4.79 Å². The van der Waals surface area contributed by atoms with Gasteiger partial charge in [-0.1, -0.05) is 41.5 Å². The van der Waals surface area contributed by atoms with E-state index < -0.39 is 18.4 Å². The van der Waals surface area contributed by atoms with E-state index >= 15 is 0 Å². The molecule has 2 aromatic rings. The number of H-pyrrole nitrogens is 1. The van der Waals surface area contributed by atoms with Crippen molar-refractivity contribution in [2.75, 3.05) is 6.61 Å². The second kappa shape index (κ2) is 6.94. The summed E-state index contributed by atoms with van der Waals surface area (Å²) in [6, 6.07) is 3.26. The Morgan fingerprint density at radius 3 is 2.04 bits per heavy atom. The molecule has 1 aromatic carbocycles. The number of phenols is 1. The van der Waals surface area contributed by atoms with Gasteiger partial charge in [-0.15, -0.1) is 0 Å². The van der Waals surface area contributed by atoms with E-state index in [0.717, 1.165) is 0 Å². The maximum absolute atomic E-state index is 12.5. The monoisotopic (exact) mass is 358 g/mol. The summed E-state index contributed by atoms with van der Waals surface area (Å²) < 4.78 is 5.16. The third-order valence-corrected chi connectivity index (χ3v) is 4.06. The van der Waals surface area contributed by atoms with E-state index in [1.807, 2.05) is 41.5 Å². The minimum absolute atomic E-state index is 0.147. The summed E-state index contributed by atoms with van der Waals surface area (Å²) in [4.78, 5) is 31.0. The number of aromatic hydroxyl groups is 1. The fraction of sp³-hybridized carbons (Fsp3) is 0.450. The molecule has 0 aliphatic carbocycles. The molecular weight excluding hydrogens is 332 g/mol. The highest BCUT2D eigenvalue weighted by atomic mass is 16.5. The van der Waals surface area contributed by atoms with Gasteiger partial charge in [-0.25, -0.2) is 9.78 Å². The van der Waals surface area contributed by atoms with Gasteiger partial charge in [-0.2, -0.15) is 0 Å². The third-order valence-electron chi connectivity index (χ3n) is 4.06. The summed E-state index contributed by atoms with van der Waals surface area (Å²) in [7, 11) is 0. The molecule has 140 valence electrons. The largest absolute Gasteiger partial charge is 0.507 e. The highest BCUT2D eigenvalue weighted by molar-refractivity contribution is 5.97. The van der Waals surface area contributed by atoms with Gasteiger partial charge in [0.2, 0.25) is 5.78 Å². The number of Topliss-reactive ketones (excluding diaryl/α,β-unsaturated/α-hetero) is 1. The number of phenolic OH excluding ortho intramolecular Hbond substituents is 1. The van der Waals surface area contributed by atoms with Crippen LogP contribution in [0.25, 0.3) is 0 Å². The number of imidazole rings is 1. The van der Waals surface area contributed by atoms with E-state index in [1.165, 1.54) is 12.4 Å². The van der Waals surface area contributed by atoms with Crippen molar-refractivity contribution in [3.05, 3.63) is 47.0 Å². The Labute approximate surface area is 153 Å². The zero-order valence-electron chi connectivity index (χ0n) is 16.1. The molecule has 1 heterocycles. The van der Waals surface area contributed by atoms with Crippen LogP contribution in [0, 0.1) is 0 Å². The number of nitrogens with zero attached hydrogens (tertiary/aromatic N) is 1. The number of hydrogen-bond acceptors (Lipinski definition) is 5. The summed E-state index contributed by atoms with van der Waals surface area (Å²) in [5.41, 5.74) is 0.919. The number of nitrogens with one attached hydrogen (secondary N) is 1. The molecule has 0 aliphatic heterocycles. The van der Waals surface area contributed by atoms with Crippen molar-refractivity contribution in [2.45, 2.75) is 52.4 Å². The van der Waals surface area contributed by atoms with Crippen LogP contribution < -0.4 is 0 Å². The molecule has 0 saturated heterocycles. The first-order chi connectivity index (χ1) is 11.9. The average molecular weight is 358 g/mol. The molecule has 0 atom stereocenters. The van der Waals surface area contributed by atoms with Crippen LogP contribution in [0.5, 0.6) is 5.75 Å². The first-order valence-electron chi connectivity index (χ1n) is 8.49. The fourth-order valence-electron chi connectivity index (χ4n) is 2.60. The molecular formula is C20H26N2O4. The first-order valence-corrected chi connectivity index (χ1v) is 8.49. The molecule has 0 bridgehead atoms. The van der Waals surface area contributed by atoms with E-state index in [4.69, 9.17) is 4.74 Å². The van der Waals surface area contributed by atoms with Crippen LogP contribution in [0.4, 0.5) is 0 Å². The van der Waals surface area contributed by atoms with Gasteiger partial charge < -0.3 is 14.8 Å². The maximum Gasteiger partial charge on any atom is 0.338 e. The predicted octanol–water partition coefficient (Wildman–Crippen LogP) is 3.75. The van der Waals surface area contributed by atoms with E-state index in [1.54, 1.807) is 12.1 Å². The normalized spacial score (nSPS) is 12.1. The minimum atomic E-state index is -0.610. The SMILES string of the molecule is CC(C)(C)c1cc(C(=O)OCC(=O)c2ncc[nH]2)cc(C(C)(C)C)c1O. The molecule has 0 fully saturated rings. The van der Waals surface area contributed by atoms with E-state index in [2.05, 4.69) is 9.97 Å². The zero-order chi connectivity index (χ0) is 19.7. The van der Waals surface area contributed by atoms with E-state index in [9.17, 15) is 14.7 Å². The van der Waals surface area contributed by atoms with Crippen LogP contribution >= 0.6 is 0 Å². The van der Waals surface area contributed by atoms with Crippen molar-refractivity contribution in [1.29, 1.82) is 0 Å². The van der Waals surface area contributed by atoms with Gasteiger partial charge in [0, 0.05) is 23.5 Å². The zero-order valence-corrected chi connectivity index (χ0v) is 16.1. The van der Waals surface area contributed by atoms with Gasteiger partial charge in [-0.05, 0) is 23.0 Å². The summed E-state index contributed by atoms with van der Waals surface area (Å²) in [5, 5.41) is 10.7. The summed E-state index contributed by atoms with van der Waals surface area (Å²) >= 11 is 0. The van der Waals surface area contributed by atoms with Crippen LogP contribution in [0.3, 0.4) is 0 Å². The minimum Gasteiger partial charge on any atom is -0.507 e. The quantitative estimate of drug-likeness (QED) is 0.641. The highest BCUT2D eigenvalue weighted by Crippen LogP contribution is 2.39. The maximum atomic E-state index is 12.5. The van der Waals surface area contributed by atoms with Crippen molar-refractivity contribution < 1.29 is 19.4 Å². The Bertz CT molecular complexity index is 774. The molecule has 0 amide bonds. The number of hydrogen-bond donors (Lipinski definition) is 2. The molecule has 0 radical (unpaired) electrons. The van der Waals surface area contributed by atoms with Crippen molar-refractivity contribution >= 4 is 11.8 Å². The number of ether oxygens (including phenoxy) is 1. The number of carbonyl (C=O) groups is 2. The molecule has 0 aliphatic rings. The van der Waals surface area contributed by atoms with Crippen molar-refractivity contribution in [2.24, 2.45) is 0 Å². The van der Waals surface area contributed by atoms with Gasteiger partial charge in [0.1, 0.15) is 5.75 Å². The second-order valence-corrected chi connectivity index (χ2v) is 8.36.